The van der Waals surface area contributed by atoms with Gasteiger partial charge in [0.15, 0.2) is 0 Å². The maximum absolute atomic E-state index is 2.61. The molecule has 1 nitrogen and oxygen atoms in total. The Morgan fingerprint density at radius 1 is 0.667 bits per heavy atom. The average molecular weight is 281 g/mol. The Morgan fingerprint density at radius 2 is 1.06 bits per heavy atom. The molecule has 0 aromatic heterocycles. The van der Waals surface area contributed by atoms with Crippen LogP contribution in [-0.2, 0) is 0 Å². The van der Waals surface area contributed by atoms with Crippen LogP contribution >= 0.6 is 0 Å². The third-order valence-corrected chi connectivity index (χ3v) is 3.60. The molecule has 1 radical (unpaired) electrons. The topological polar surface area (TPSA) is 3.24 Å². The maximum atomic E-state index is 2.61. The zero-order chi connectivity index (χ0) is 13.1. The molecule has 0 aliphatic rings. The van der Waals surface area contributed by atoms with E-state index in [1.165, 1.54) is 57.9 Å². The molecule has 0 N–H and O–H groups in total. The third kappa shape index (κ3) is 12.6. The van der Waals surface area contributed by atoms with Crippen molar-refractivity contribution in [2.45, 2.75) is 98.1 Å². The number of unbranched alkanes of at least 4 members (excludes halogenated alkanes) is 7. The quantitative estimate of drug-likeness (QED) is 0.386. The molecule has 0 unspecified atom stereocenters. The van der Waals surface area contributed by atoms with Crippen molar-refractivity contribution in [1.82, 2.24) is 4.90 Å². The SMILES string of the molecule is CCCCCCCCCCN(C(C)C)C(C)C.[K]. The molecule has 0 aromatic carbocycles. The molecule has 0 aromatic rings. The van der Waals surface area contributed by atoms with E-state index < -0.39 is 0 Å². The Balaban J connectivity index is 0. The molecule has 0 fully saturated rings. The van der Waals surface area contributed by atoms with Gasteiger partial charge in [0.05, 0.1) is 0 Å². The Bertz CT molecular complexity index is 149. The van der Waals surface area contributed by atoms with E-state index in [0.717, 1.165) is 0 Å². The first-order valence-electron chi connectivity index (χ1n) is 7.85. The zero-order valence-electron chi connectivity index (χ0n) is 14.0. The van der Waals surface area contributed by atoms with Crippen molar-refractivity contribution in [2.75, 3.05) is 6.54 Å². The largest absolute Gasteiger partial charge is 0.299 e. The first kappa shape index (κ1) is 21.9. The van der Waals surface area contributed by atoms with Gasteiger partial charge >= 0.3 is 0 Å². The van der Waals surface area contributed by atoms with Crippen molar-refractivity contribution in [2.24, 2.45) is 0 Å². The molecule has 0 heterocycles. The predicted molar refractivity (Wildman–Crippen MR) is 85.3 cm³/mol. The minimum atomic E-state index is 0. The zero-order valence-corrected chi connectivity index (χ0v) is 17.1. The van der Waals surface area contributed by atoms with Gasteiger partial charge in [0.1, 0.15) is 0 Å². The number of hydrogen-bond donors (Lipinski definition) is 0. The van der Waals surface area contributed by atoms with Crippen LogP contribution in [0.2, 0.25) is 0 Å². The van der Waals surface area contributed by atoms with Crippen LogP contribution in [0, 0.1) is 0 Å². The van der Waals surface area contributed by atoms with E-state index in [9.17, 15) is 0 Å². The second-order valence-electron chi connectivity index (χ2n) is 5.90. The Kier molecular flexibility index (Phi) is 18.2. The third-order valence-electron chi connectivity index (χ3n) is 3.60. The van der Waals surface area contributed by atoms with Crippen LogP contribution in [0.3, 0.4) is 0 Å². The number of rotatable bonds is 11. The molecule has 2 heteroatoms. The predicted octanol–water partition coefficient (Wildman–Crippen LogP) is 4.87. The summed E-state index contributed by atoms with van der Waals surface area (Å²) in [5, 5.41) is 0. The number of hydrogen-bond acceptors (Lipinski definition) is 1. The van der Waals surface area contributed by atoms with Gasteiger partial charge in [-0.1, -0.05) is 51.9 Å². The van der Waals surface area contributed by atoms with Gasteiger partial charge in [-0.15, -0.1) is 0 Å². The standard InChI is InChI=1S/C16H35N.K/c1-6-7-8-9-10-11-12-13-14-17(15(2)3)16(4)5;/h15-16H,6-14H2,1-5H3;. The summed E-state index contributed by atoms with van der Waals surface area (Å²) in [6.07, 6.45) is 11.4. The minimum Gasteiger partial charge on any atom is -0.299 e. The summed E-state index contributed by atoms with van der Waals surface area (Å²) >= 11 is 0. The van der Waals surface area contributed by atoms with Crippen molar-refractivity contribution in [3.05, 3.63) is 0 Å². The monoisotopic (exact) mass is 280 g/mol. The fourth-order valence-corrected chi connectivity index (χ4v) is 2.54. The van der Waals surface area contributed by atoms with Crippen LogP contribution in [0.5, 0.6) is 0 Å². The first-order chi connectivity index (χ1) is 8.09. The molecule has 0 atom stereocenters. The van der Waals surface area contributed by atoms with Gasteiger partial charge in [0.25, 0.3) is 0 Å². The summed E-state index contributed by atoms with van der Waals surface area (Å²) in [7, 11) is 0. The van der Waals surface area contributed by atoms with Crippen LogP contribution in [0.25, 0.3) is 0 Å². The van der Waals surface area contributed by atoms with Crippen LogP contribution in [0.15, 0.2) is 0 Å². The van der Waals surface area contributed by atoms with E-state index in [1.807, 2.05) is 0 Å². The molecule has 0 rings (SSSR count). The fraction of sp³-hybridized carbons (Fsp3) is 1.00. The van der Waals surface area contributed by atoms with Crippen LogP contribution in [0.4, 0.5) is 0 Å². The van der Waals surface area contributed by atoms with Gasteiger partial charge in [-0.2, -0.15) is 0 Å². The fourth-order valence-electron chi connectivity index (χ4n) is 2.54. The average Bonchev–Trinajstić information content (AvgIpc) is 2.26. The summed E-state index contributed by atoms with van der Waals surface area (Å²) in [5.41, 5.74) is 0. The second-order valence-corrected chi connectivity index (χ2v) is 5.90. The second kappa shape index (κ2) is 15.0. The van der Waals surface area contributed by atoms with Gasteiger partial charge in [0.2, 0.25) is 0 Å². The summed E-state index contributed by atoms with van der Waals surface area (Å²) < 4.78 is 0. The molecule has 0 amide bonds. The summed E-state index contributed by atoms with van der Waals surface area (Å²) in [5.74, 6) is 0. The van der Waals surface area contributed by atoms with Gasteiger partial charge < -0.3 is 0 Å². The van der Waals surface area contributed by atoms with Gasteiger partial charge in [-0.25, -0.2) is 0 Å². The van der Waals surface area contributed by atoms with E-state index in [2.05, 4.69) is 39.5 Å². The van der Waals surface area contributed by atoms with Crippen molar-refractivity contribution in [3.8, 4) is 0 Å². The van der Waals surface area contributed by atoms with Gasteiger partial charge in [-0.05, 0) is 40.7 Å². The Morgan fingerprint density at radius 3 is 1.44 bits per heavy atom. The molecule has 0 bridgehead atoms. The summed E-state index contributed by atoms with van der Waals surface area (Å²) in [6, 6.07) is 1.39. The van der Waals surface area contributed by atoms with Gasteiger partial charge in [0, 0.05) is 63.5 Å². The molecule has 0 spiro atoms. The Hall–Kier alpha value is 1.60. The molecule has 18 heavy (non-hydrogen) atoms. The molecule has 0 aliphatic carbocycles. The van der Waals surface area contributed by atoms with E-state index in [-0.39, 0.29) is 51.4 Å². The summed E-state index contributed by atoms with van der Waals surface area (Å²) in [6.45, 7) is 12.8. The van der Waals surface area contributed by atoms with E-state index in [1.54, 1.807) is 0 Å². The van der Waals surface area contributed by atoms with E-state index in [4.69, 9.17) is 0 Å². The van der Waals surface area contributed by atoms with Crippen LogP contribution in [0.1, 0.15) is 86.0 Å². The molecule has 0 aliphatic heterocycles. The van der Waals surface area contributed by atoms with Crippen molar-refractivity contribution in [1.29, 1.82) is 0 Å². The van der Waals surface area contributed by atoms with Crippen molar-refractivity contribution in [3.63, 3.8) is 0 Å². The van der Waals surface area contributed by atoms with Crippen molar-refractivity contribution < 1.29 is 0 Å². The minimum absolute atomic E-state index is 0. The summed E-state index contributed by atoms with van der Waals surface area (Å²) in [4.78, 5) is 2.61. The molecular weight excluding hydrogens is 245 g/mol. The molecular formula is C16H35KN. The Labute approximate surface area is 159 Å². The smallest absolute Gasteiger partial charge is 0.00412 e. The maximum Gasteiger partial charge on any atom is 0.00412 e. The van der Waals surface area contributed by atoms with Crippen molar-refractivity contribution >= 4 is 51.4 Å². The molecule has 105 valence electrons. The van der Waals surface area contributed by atoms with Crippen LogP contribution in [-0.4, -0.2) is 74.9 Å². The first-order valence-corrected chi connectivity index (χ1v) is 7.85. The molecule has 0 saturated heterocycles. The number of nitrogens with zero attached hydrogens (tertiary/aromatic N) is 1. The molecule has 0 saturated carbocycles. The normalized spacial score (nSPS) is 11.3. The van der Waals surface area contributed by atoms with Gasteiger partial charge in [-0.3, -0.25) is 4.90 Å². The van der Waals surface area contributed by atoms with Crippen LogP contribution < -0.4 is 0 Å². The van der Waals surface area contributed by atoms with E-state index >= 15 is 0 Å². The van der Waals surface area contributed by atoms with E-state index in [0.29, 0.717) is 12.1 Å².